The Bertz CT molecular complexity index is 1390. The van der Waals surface area contributed by atoms with Crippen LogP contribution in [-0.2, 0) is 4.79 Å². The van der Waals surface area contributed by atoms with Crippen molar-refractivity contribution >= 4 is 46.1 Å². The van der Waals surface area contributed by atoms with Crippen LogP contribution < -0.4 is 5.32 Å². The number of aromatic nitrogens is 1. The molecule has 0 spiro atoms. The fourth-order valence-corrected chi connectivity index (χ4v) is 3.62. The van der Waals surface area contributed by atoms with Gasteiger partial charge in [0, 0.05) is 23.4 Å². The Kier molecular flexibility index (Phi) is 6.75. The van der Waals surface area contributed by atoms with Crippen LogP contribution in [0.15, 0.2) is 71.2 Å². The average Bonchev–Trinajstić information content (AvgIpc) is 3.26. The third kappa shape index (κ3) is 5.15. The van der Waals surface area contributed by atoms with E-state index in [1.165, 1.54) is 29.8 Å². The van der Waals surface area contributed by atoms with Gasteiger partial charge in [0.05, 0.1) is 4.92 Å². The second kappa shape index (κ2) is 9.89. The summed E-state index contributed by atoms with van der Waals surface area (Å²) in [4.78, 5) is 27.3. The third-order valence-electron chi connectivity index (χ3n) is 5.59. The van der Waals surface area contributed by atoms with Crippen LogP contribution in [0.1, 0.15) is 37.3 Å². The Morgan fingerprint density at radius 3 is 2.65 bits per heavy atom. The molecule has 1 atom stereocenters. The quantitative estimate of drug-likeness (QED) is 0.173. The van der Waals surface area contributed by atoms with E-state index < -0.39 is 4.92 Å². The smallest absolute Gasteiger partial charge is 0.288 e. The fourth-order valence-electron chi connectivity index (χ4n) is 3.44. The van der Waals surface area contributed by atoms with Crippen molar-refractivity contribution in [2.24, 2.45) is 0 Å². The van der Waals surface area contributed by atoms with E-state index in [0.29, 0.717) is 23.1 Å². The number of hydrogen-bond acceptors (Lipinski definition) is 5. The Morgan fingerprint density at radius 1 is 1.18 bits per heavy atom. The summed E-state index contributed by atoms with van der Waals surface area (Å²) in [7, 11) is 0. The molecule has 8 heteroatoms. The number of carbonyl (C=O) groups excluding carboxylic acids is 1. The van der Waals surface area contributed by atoms with Gasteiger partial charge in [-0.1, -0.05) is 37.6 Å². The molecule has 0 aliphatic rings. The van der Waals surface area contributed by atoms with Crippen molar-refractivity contribution in [1.82, 2.24) is 4.98 Å². The Labute approximate surface area is 201 Å². The van der Waals surface area contributed by atoms with Crippen LogP contribution in [0.4, 0.5) is 11.4 Å². The van der Waals surface area contributed by atoms with E-state index in [0.717, 1.165) is 23.1 Å². The van der Waals surface area contributed by atoms with Crippen molar-refractivity contribution < 1.29 is 14.1 Å². The Hall–Kier alpha value is -3.97. The van der Waals surface area contributed by atoms with Gasteiger partial charge in [-0.2, -0.15) is 0 Å². The van der Waals surface area contributed by atoms with E-state index in [9.17, 15) is 14.9 Å². The number of oxazole rings is 1. The maximum Gasteiger partial charge on any atom is 0.288 e. The van der Waals surface area contributed by atoms with Gasteiger partial charge in [0.15, 0.2) is 5.58 Å². The van der Waals surface area contributed by atoms with Crippen LogP contribution in [0, 0.1) is 10.1 Å². The van der Waals surface area contributed by atoms with Crippen LogP contribution in [0.2, 0.25) is 5.02 Å². The van der Waals surface area contributed by atoms with E-state index in [-0.39, 0.29) is 16.6 Å². The van der Waals surface area contributed by atoms with Gasteiger partial charge in [-0.3, -0.25) is 14.9 Å². The van der Waals surface area contributed by atoms with Gasteiger partial charge in [-0.15, -0.1) is 0 Å². The number of anilines is 1. The summed E-state index contributed by atoms with van der Waals surface area (Å²) in [5.41, 5.74) is 4.45. The highest BCUT2D eigenvalue weighted by Crippen LogP contribution is 2.29. The molecule has 3 aromatic carbocycles. The summed E-state index contributed by atoms with van der Waals surface area (Å²) < 4.78 is 5.90. The molecule has 4 rings (SSSR count). The first-order valence-corrected chi connectivity index (χ1v) is 11.2. The molecule has 34 heavy (non-hydrogen) atoms. The summed E-state index contributed by atoms with van der Waals surface area (Å²) in [6.45, 7) is 4.34. The summed E-state index contributed by atoms with van der Waals surface area (Å²) in [5, 5.41) is 13.8. The lowest BCUT2D eigenvalue weighted by Crippen LogP contribution is -2.07. The summed E-state index contributed by atoms with van der Waals surface area (Å²) >= 11 is 5.81. The zero-order valence-electron chi connectivity index (χ0n) is 18.6. The van der Waals surface area contributed by atoms with Crippen LogP contribution >= 0.6 is 11.6 Å². The minimum absolute atomic E-state index is 0.0431. The first kappa shape index (κ1) is 23.2. The molecule has 1 heterocycles. The number of nitrogens with zero attached hydrogens (tertiary/aromatic N) is 2. The molecule has 4 aromatic rings. The van der Waals surface area contributed by atoms with Crippen molar-refractivity contribution in [3.05, 3.63) is 93.0 Å². The highest BCUT2D eigenvalue weighted by atomic mass is 35.5. The van der Waals surface area contributed by atoms with Crippen LogP contribution in [-0.4, -0.2) is 15.8 Å². The maximum absolute atomic E-state index is 12.3. The van der Waals surface area contributed by atoms with Gasteiger partial charge in [-0.05, 0) is 72.0 Å². The van der Waals surface area contributed by atoms with Gasteiger partial charge >= 0.3 is 0 Å². The van der Waals surface area contributed by atoms with E-state index in [1.807, 2.05) is 18.2 Å². The predicted molar refractivity (Wildman–Crippen MR) is 134 cm³/mol. The largest absolute Gasteiger partial charge is 0.436 e. The second-order valence-corrected chi connectivity index (χ2v) is 8.33. The molecule has 0 aliphatic carbocycles. The highest BCUT2D eigenvalue weighted by Gasteiger charge is 2.13. The van der Waals surface area contributed by atoms with E-state index in [1.54, 1.807) is 18.2 Å². The number of halogens is 1. The normalized spacial score (nSPS) is 12.2. The average molecular weight is 476 g/mol. The van der Waals surface area contributed by atoms with Crippen molar-refractivity contribution in [1.29, 1.82) is 0 Å². The number of nitrogens with one attached hydrogen (secondary N) is 1. The monoisotopic (exact) mass is 475 g/mol. The number of carbonyl (C=O) groups is 1. The van der Waals surface area contributed by atoms with Gasteiger partial charge in [0.1, 0.15) is 10.5 Å². The van der Waals surface area contributed by atoms with Gasteiger partial charge < -0.3 is 9.73 Å². The SMILES string of the molecule is CCC(C)c1ccc2oc(-c3ccc(NC(=O)/C=C/c4ccc(Cl)c([N+](=O)[O-])c4)cc3)nc2c1. The van der Waals surface area contributed by atoms with Gasteiger partial charge in [-0.25, -0.2) is 4.98 Å². The molecule has 1 aromatic heterocycles. The molecule has 7 nitrogen and oxygen atoms in total. The second-order valence-electron chi connectivity index (χ2n) is 7.92. The molecular weight excluding hydrogens is 454 g/mol. The maximum atomic E-state index is 12.3. The lowest BCUT2D eigenvalue weighted by molar-refractivity contribution is -0.384. The van der Waals surface area contributed by atoms with E-state index >= 15 is 0 Å². The lowest BCUT2D eigenvalue weighted by Gasteiger charge is -2.07. The number of rotatable bonds is 7. The van der Waals surface area contributed by atoms with Crippen LogP contribution in [0.3, 0.4) is 0 Å². The Balaban J connectivity index is 1.44. The van der Waals surface area contributed by atoms with Crippen molar-refractivity contribution in [3.63, 3.8) is 0 Å². The molecular formula is C26H22ClN3O4. The Morgan fingerprint density at radius 2 is 1.94 bits per heavy atom. The standard InChI is InChI=1S/C26H22ClN3O4/c1-3-16(2)19-8-12-24-22(15-19)29-26(34-24)18-6-9-20(10-7-18)28-25(31)13-5-17-4-11-21(27)23(14-17)30(32)33/h4-16H,3H2,1-2H3,(H,28,31)/b13-5+. The number of hydrogen-bond donors (Lipinski definition) is 1. The summed E-state index contributed by atoms with van der Waals surface area (Å²) in [6.07, 6.45) is 3.84. The van der Waals surface area contributed by atoms with Gasteiger partial charge in [0.25, 0.3) is 5.69 Å². The summed E-state index contributed by atoms with van der Waals surface area (Å²) in [6, 6.07) is 17.6. The van der Waals surface area contributed by atoms with E-state index in [2.05, 4.69) is 36.3 Å². The molecule has 0 aliphatic heterocycles. The topological polar surface area (TPSA) is 98.3 Å². The molecule has 1 N–H and O–H groups in total. The molecule has 0 saturated heterocycles. The highest BCUT2D eigenvalue weighted by molar-refractivity contribution is 6.32. The molecule has 0 saturated carbocycles. The molecule has 0 bridgehead atoms. The van der Waals surface area contributed by atoms with E-state index in [4.69, 9.17) is 16.0 Å². The molecule has 1 amide bonds. The number of nitro benzene ring substituents is 1. The minimum atomic E-state index is -0.567. The first-order chi connectivity index (χ1) is 16.3. The molecule has 0 radical (unpaired) electrons. The number of nitro groups is 1. The van der Waals surface area contributed by atoms with Crippen molar-refractivity contribution in [2.45, 2.75) is 26.2 Å². The molecule has 1 unspecified atom stereocenters. The van der Waals surface area contributed by atoms with Crippen LogP contribution in [0.5, 0.6) is 0 Å². The first-order valence-electron chi connectivity index (χ1n) is 10.8. The zero-order chi connectivity index (χ0) is 24.2. The lowest BCUT2D eigenvalue weighted by atomic mass is 9.98. The van der Waals surface area contributed by atoms with Crippen molar-refractivity contribution in [3.8, 4) is 11.5 Å². The summed E-state index contributed by atoms with van der Waals surface area (Å²) in [5.74, 6) is 0.597. The van der Waals surface area contributed by atoms with Crippen molar-refractivity contribution in [2.75, 3.05) is 5.32 Å². The zero-order valence-corrected chi connectivity index (χ0v) is 19.4. The third-order valence-corrected chi connectivity index (χ3v) is 5.91. The predicted octanol–water partition coefficient (Wildman–Crippen LogP) is 7.22. The number of benzene rings is 3. The number of amides is 1. The number of fused-ring (bicyclic) bond motifs is 1. The molecule has 0 fully saturated rings. The fraction of sp³-hybridized carbons (Fsp3) is 0.154. The minimum Gasteiger partial charge on any atom is -0.436 e. The van der Waals surface area contributed by atoms with Gasteiger partial charge in [0.2, 0.25) is 11.8 Å². The molecule has 172 valence electrons. The van der Waals surface area contributed by atoms with Crippen LogP contribution in [0.25, 0.3) is 28.6 Å².